The van der Waals surface area contributed by atoms with E-state index in [1.165, 1.54) is 25.7 Å². The Morgan fingerprint density at radius 1 is 1.31 bits per heavy atom. The zero-order valence-electron chi connectivity index (χ0n) is 9.82. The van der Waals surface area contributed by atoms with E-state index in [2.05, 4.69) is 28.3 Å². The second kappa shape index (κ2) is 4.04. The topological polar surface area (TPSA) is 37.8 Å². The van der Waals surface area contributed by atoms with Crippen molar-refractivity contribution in [2.24, 2.45) is 11.8 Å². The lowest BCUT2D eigenvalue weighted by atomic mass is 9.95. The normalized spacial score (nSPS) is 31.9. The minimum Gasteiger partial charge on any atom is -0.367 e. The van der Waals surface area contributed by atoms with Gasteiger partial charge in [0, 0.05) is 17.8 Å². The number of rotatable bonds is 3. The fourth-order valence-corrected chi connectivity index (χ4v) is 3.28. The number of hydrogen-bond acceptors (Lipinski definition) is 3. The molecule has 16 heavy (non-hydrogen) atoms. The van der Waals surface area contributed by atoms with Gasteiger partial charge in [-0.05, 0) is 37.5 Å². The van der Waals surface area contributed by atoms with Gasteiger partial charge in [-0.1, -0.05) is 13.3 Å². The molecule has 0 saturated heterocycles. The monoisotopic (exact) mass is 217 g/mol. The number of aromatic nitrogens is 2. The molecular formula is C13H19N3. The van der Waals surface area contributed by atoms with Crippen molar-refractivity contribution in [3.05, 3.63) is 18.1 Å². The molecule has 2 fully saturated rings. The quantitative estimate of drug-likeness (QED) is 0.845. The van der Waals surface area contributed by atoms with Crippen LogP contribution in [0.2, 0.25) is 0 Å². The maximum Gasteiger partial charge on any atom is 0.129 e. The first-order chi connectivity index (χ1) is 7.85. The fourth-order valence-electron chi connectivity index (χ4n) is 3.28. The van der Waals surface area contributed by atoms with Crippen LogP contribution in [0.25, 0.3) is 0 Å². The molecule has 86 valence electrons. The number of aryl methyl sites for hydroxylation is 1. The van der Waals surface area contributed by atoms with Gasteiger partial charge < -0.3 is 5.32 Å². The van der Waals surface area contributed by atoms with E-state index in [9.17, 15) is 0 Å². The van der Waals surface area contributed by atoms with Crippen molar-refractivity contribution < 1.29 is 0 Å². The van der Waals surface area contributed by atoms with Crippen molar-refractivity contribution in [3.8, 4) is 0 Å². The van der Waals surface area contributed by atoms with Crippen molar-refractivity contribution in [1.82, 2.24) is 9.97 Å². The molecule has 1 N–H and O–H groups in total. The molecule has 1 aromatic heterocycles. The average Bonchev–Trinajstić information content (AvgIpc) is 2.91. The van der Waals surface area contributed by atoms with Crippen LogP contribution in [0.3, 0.4) is 0 Å². The Bertz CT molecular complexity index is 377. The van der Waals surface area contributed by atoms with E-state index >= 15 is 0 Å². The predicted molar refractivity (Wildman–Crippen MR) is 64.3 cm³/mol. The van der Waals surface area contributed by atoms with Crippen molar-refractivity contribution >= 4 is 5.82 Å². The van der Waals surface area contributed by atoms with Crippen LogP contribution in [0.15, 0.2) is 12.4 Å². The van der Waals surface area contributed by atoms with E-state index < -0.39 is 0 Å². The van der Waals surface area contributed by atoms with Gasteiger partial charge in [0.1, 0.15) is 12.1 Å². The zero-order valence-corrected chi connectivity index (χ0v) is 9.82. The number of nitrogens with one attached hydrogen (secondary N) is 1. The molecule has 0 spiro atoms. The maximum atomic E-state index is 4.31. The molecule has 2 bridgehead atoms. The van der Waals surface area contributed by atoms with Crippen molar-refractivity contribution in [1.29, 1.82) is 0 Å². The summed E-state index contributed by atoms with van der Waals surface area (Å²) in [5.74, 6) is 2.89. The first-order valence-electron chi connectivity index (χ1n) is 6.42. The van der Waals surface area contributed by atoms with E-state index in [-0.39, 0.29) is 0 Å². The summed E-state index contributed by atoms with van der Waals surface area (Å²) in [5.41, 5.74) is 1.13. The van der Waals surface area contributed by atoms with Gasteiger partial charge in [-0.25, -0.2) is 9.97 Å². The van der Waals surface area contributed by atoms with Crippen LogP contribution in [0, 0.1) is 11.8 Å². The lowest BCUT2D eigenvalue weighted by molar-refractivity contribution is 0.439. The minimum atomic E-state index is 0.665. The Hall–Kier alpha value is -1.12. The Kier molecular flexibility index (Phi) is 2.54. The Labute approximate surface area is 96.7 Å². The second-order valence-electron chi connectivity index (χ2n) is 5.17. The van der Waals surface area contributed by atoms with Gasteiger partial charge in [0.15, 0.2) is 0 Å². The summed E-state index contributed by atoms with van der Waals surface area (Å²) in [5, 5.41) is 3.60. The number of anilines is 1. The summed E-state index contributed by atoms with van der Waals surface area (Å²) >= 11 is 0. The highest BCUT2D eigenvalue weighted by Gasteiger charge is 2.39. The molecular weight excluding hydrogens is 198 g/mol. The molecule has 1 aromatic rings. The van der Waals surface area contributed by atoms with Gasteiger partial charge in [0.2, 0.25) is 0 Å². The zero-order chi connectivity index (χ0) is 11.0. The lowest BCUT2D eigenvalue weighted by Crippen LogP contribution is -2.26. The standard InChI is InChI=1S/C13H19N3/c1-2-11-7-13(15-8-14-11)16-12-6-9-3-4-10(12)5-9/h7-10,12H,2-6H2,1H3,(H,14,15,16). The van der Waals surface area contributed by atoms with Gasteiger partial charge in [-0.15, -0.1) is 0 Å². The maximum absolute atomic E-state index is 4.31. The van der Waals surface area contributed by atoms with E-state index in [0.717, 1.165) is 29.8 Å². The Morgan fingerprint density at radius 2 is 2.25 bits per heavy atom. The first-order valence-corrected chi connectivity index (χ1v) is 6.42. The van der Waals surface area contributed by atoms with Crippen LogP contribution in [0.1, 0.15) is 38.3 Å². The molecule has 3 atom stereocenters. The van der Waals surface area contributed by atoms with E-state index in [4.69, 9.17) is 0 Å². The molecule has 2 saturated carbocycles. The van der Waals surface area contributed by atoms with Crippen LogP contribution in [0.5, 0.6) is 0 Å². The summed E-state index contributed by atoms with van der Waals surface area (Å²) < 4.78 is 0. The largest absolute Gasteiger partial charge is 0.367 e. The molecule has 3 heteroatoms. The van der Waals surface area contributed by atoms with Gasteiger partial charge in [0.25, 0.3) is 0 Å². The van der Waals surface area contributed by atoms with Crippen molar-refractivity contribution in [3.63, 3.8) is 0 Å². The highest BCUT2D eigenvalue weighted by Crippen LogP contribution is 2.45. The number of fused-ring (bicyclic) bond motifs is 2. The van der Waals surface area contributed by atoms with Gasteiger partial charge in [-0.2, -0.15) is 0 Å². The highest BCUT2D eigenvalue weighted by atomic mass is 15.0. The predicted octanol–water partition coefficient (Wildman–Crippen LogP) is 2.64. The molecule has 2 aliphatic carbocycles. The summed E-state index contributed by atoms with van der Waals surface area (Å²) in [6.45, 7) is 2.13. The van der Waals surface area contributed by atoms with Crippen LogP contribution in [-0.2, 0) is 6.42 Å². The Balaban J connectivity index is 1.69. The SMILES string of the molecule is CCc1cc(NC2CC3CCC2C3)ncn1. The second-order valence-corrected chi connectivity index (χ2v) is 5.17. The first kappa shape index (κ1) is 10.1. The highest BCUT2D eigenvalue weighted by molar-refractivity contribution is 5.36. The molecule has 3 rings (SSSR count). The van der Waals surface area contributed by atoms with Gasteiger partial charge in [-0.3, -0.25) is 0 Å². The molecule has 1 heterocycles. The lowest BCUT2D eigenvalue weighted by Gasteiger charge is -2.23. The van der Waals surface area contributed by atoms with E-state index in [1.807, 2.05) is 0 Å². The smallest absolute Gasteiger partial charge is 0.129 e. The minimum absolute atomic E-state index is 0.665. The summed E-state index contributed by atoms with van der Waals surface area (Å²) in [6.07, 6.45) is 8.29. The Morgan fingerprint density at radius 3 is 2.94 bits per heavy atom. The number of hydrogen-bond donors (Lipinski definition) is 1. The summed E-state index contributed by atoms with van der Waals surface area (Å²) in [4.78, 5) is 8.54. The van der Waals surface area contributed by atoms with Crippen LogP contribution < -0.4 is 5.32 Å². The van der Waals surface area contributed by atoms with Gasteiger partial charge in [0.05, 0.1) is 0 Å². The molecule has 2 aliphatic rings. The molecule has 0 aromatic carbocycles. The van der Waals surface area contributed by atoms with Crippen molar-refractivity contribution in [2.75, 3.05) is 5.32 Å². The van der Waals surface area contributed by atoms with Crippen LogP contribution in [0.4, 0.5) is 5.82 Å². The molecule has 0 aliphatic heterocycles. The van der Waals surface area contributed by atoms with Crippen LogP contribution >= 0.6 is 0 Å². The molecule has 0 amide bonds. The summed E-state index contributed by atoms with van der Waals surface area (Å²) in [7, 11) is 0. The summed E-state index contributed by atoms with van der Waals surface area (Å²) in [6, 6.07) is 2.75. The van der Waals surface area contributed by atoms with Gasteiger partial charge >= 0.3 is 0 Å². The molecule has 0 radical (unpaired) electrons. The molecule has 3 nitrogen and oxygen atoms in total. The third-order valence-corrected chi connectivity index (χ3v) is 4.16. The third-order valence-electron chi connectivity index (χ3n) is 4.16. The van der Waals surface area contributed by atoms with Crippen molar-refractivity contribution in [2.45, 2.75) is 45.1 Å². The van der Waals surface area contributed by atoms with E-state index in [1.54, 1.807) is 6.33 Å². The third kappa shape index (κ3) is 1.79. The average molecular weight is 217 g/mol. The number of nitrogens with zero attached hydrogens (tertiary/aromatic N) is 2. The van der Waals surface area contributed by atoms with E-state index in [0.29, 0.717) is 6.04 Å². The molecule has 3 unspecified atom stereocenters. The fraction of sp³-hybridized carbons (Fsp3) is 0.692. The van der Waals surface area contributed by atoms with Crippen LogP contribution in [-0.4, -0.2) is 16.0 Å².